The smallest absolute Gasteiger partial charge is 0.132 e. The highest BCUT2D eigenvalue weighted by Gasteiger charge is 2.08. The van der Waals surface area contributed by atoms with Crippen LogP contribution in [0.2, 0.25) is 0 Å². The highest BCUT2D eigenvalue weighted by Crippen LogP contribution is 2.20. The Balaban J connectivity index is 3.03. The summed E-state index contributed by atoms with van der Waals surface area (Å²) in [7, 11) is 0. The minimum absolute atomic E-state index is 0.466. The van der Waals surface area contributed by atoms with Crippen molar-refractivity contribution in [3.05, 3.63) is 41.7 Å². The third-order valence-electron chi connectivity index (χ3n) is 1.93. The van der Waals surface area contributed by atoms with E-state index >= 15 is 0 Å². The van der Waals surface area contributed by atoms with Crippen LogP contribution in [0.5, 0.6) is 0 Å². The number of aliphatic hydroxyl groups is 1. The Hall–Kier alpha value is -1.15. The first-order valence-corrected chi connectivity index (χ1v) is 4.22. The molecule has 0 bridgehead atoms. The van der Waals surface area contributed by atoms with Gasteiger partial charge in [-0.05, 0) is 25.0 Å². The molecule has 0 aromatic heterocycles. The van der Waals surface area contributed by atoms with E-state index in [4.69, 9.17) is 5.11 Å². The summed E-state index contributed by atoms with van der Waals surface area (Å²) in [6.07, 6.45) is -1.03. The zero-order valence-corrected chi connectivity index (χ0v) is 7.79. The number of rotatable bonds is 2. The molecule has 0 saturated heterocycles. The summed E-state index contributed by atoms with van der Waals surface area (Å²) in [6.45, 7) is 3.08. The molecule has 2 heteroatoms. The molecule has 1 atom stereocenters. The molecule has 0 spiro atoms. The predicted octanol–water partition coefficient (Wildman–Crippen LogP) is 2.77. The van der Waals surface area contributed by atoms with E-state index in [1.165, 1.54) is 6.92 Å². The third kappa shape index (κ3) is 2.39. The van der Waals surface area contributed by atoms with Gasteiger partial charge in [-0.3, -0.25) is 0 Å². The number of aliphatic hydroxyl groups excluding tert-OH is 1. The van der Waals surface area contributed by atoms with Crippen LogP contribution >= 0.6 is 0 Å². The zero-order chi connectivity index (χ0) is 9.84. The van der Waals surface area contributed by atoms with E-state index in [1.807, 2.05) is 30.3 Å². The molecule has 1 aromatic carbocycles. The number of halogens is 1. The topological polar surface area (TPSA) is 20.2 Å². The lowest BCUT2D eigenvalue weighted by Gasteiger charge is -2.06. The molecule has 1 unspecified atom stereocenters. The van der Waals surface area contributed by atoms with Crippen molar-refractivity contribution in [3.63, 3.8) is 0 Å². The quantitative estimate of drug-likeness (QED) is 0.742. The molecule has 0 heterocycles. The molecule has 1 nitrogen and oxygen atoms in total. The van der Waals surface area contributed by atoms with E-state index in [-0.39, 0.29) is 0 Å². The average molecular weight is 180 g/mol. The van der Waals surface area contributed by atoms with Crippen molar-refractivity contribution >= 4 is 5.57 Å². The summed E-state index contributed by atoms with van der Waals surface area (Å²) in [6, 6.07) is 9.19. The van der Waals surface area contributed by atoms with E-state index in [0.29, 0.717) is 5.57 Å². The fraction of sp³-hybridized carbons (Fsp3) is 0.273. The first kappa shape index (κ1) is 9.93. The van der Waals surface area contributed by atoms with Crippen LogP contribution in [0, 0.1) is 0 Å². The van der Waals surface area contributed by atoms with Crippen molar-refractivity contribution in [2.24, 2.45) is 0 Å². The average Bonchev–Trinajstić information content (AvgIpc) is 2.17. The number of benzene rings is 1. The van der Waals surface area contributed by atoms with Crippen LogP contribution < -0.4 is 0 Å². The molecule has 0 saturated carbocycles. The van der Waals surface area contributed by atoms with Gasteiger partial charge in [0.25, 0.3) is 0 Å². The van der Waals surface area contributed by atoms with E-state index < -0.39 is 11.9 Å². The second kappa shape index (κ2) is 4.19. The second-order valence-electron chi connectivity index (χ2n) is 3.01. The van der Waals surface area contributed by atoms with Crippen molar-refractivity contribution in [1.82, 2.24) is 0 Å². The van der Waals surface area contributed by atoms with Gasteiger partial charge in [0.1, 0.15) is 11.9 Å². The van der Waals surface area contributed by atoms with Gasteiger partial charge in [0.05, 0.1) is 0 Å². The van der Waals surface area contributed by atoms with Crippen LogP contribution in [0.15, 0.2) is 36.2 Å². The fourth-order valence-corrected chi connectivity index (χ4v) is 1.14. The number of hydrogen-bond acceptors (Lipinski definition) is 1. The van der Waals surface area contributed by atoms with E-state index in [1.54, 1.807) is 6.92 Å². The molecule has 1 aromatic rings. The Labute approximate surface area is 77.5 Å². The predicted molar refractivity (Wildman–Crippen MR) is 51.8 cm³/mol. The third-order valence-corrected chi connectivity index (χ3v) is 1.93. The SMILES string of the molecule is C/C(=C(/F)C(C)O)c1ccccc1. The van der Waals surface area contributed by atoms with Crippen LogP contribution in [0.3, 0.4) is 0 Å². The summed E-state index contributed by atoms with van der Waals surface area (Å²) in [4.78, 5) is 0. The maximum atomic E-state index is 13.2. The van der Waals surface area contributed by atoms with Crippen molar-refractivity contribution in [3.8, 4) is 0 Å². The van der Waals surface area contributed by atoms with Gasteiger partial charge >= 0.3 is 0 Å². The molecular formula is C11H13FO. The van der Waals surface area contributed by atoms with Crippen LogP contribution in [0.1, 0.15) is 19.4 Å². The molecule has 1 N–H and O–H groups in total. The van der Waals surface area contributed by atoms with Crippen LogP contribution in [-0.2, 0) is 0 Å². The molecule has 0 radical (unpaired) electrons. The van der Waals surface area contributed by atoms with E-state index in [2.05, 4.69) is 0 Å². The molecule has 13 heavy (non-hydrogen) atoms. The fourth-order valence-electron chi connectivity index (χ4n) is 1.14. The maximum Gasteiger partial charge on any atom is 0.132 e. The monoisotopic (exact) mass is 180 g/mol. The van der Waals surface area contributed by atoms with Gasteiger partial charge in [-0.25, -0.2) is 4.39 Å². The number of hydrogen-bond donors (Lipinski definition) is 1. The second-order valence-corrected chi connectivity index (χ2v) is 3.01. The zero-order valence-electron chi connectivity index (χ0n) is 7.79. The molecular weight excluding hydrogens is 167 g/mol. The van der Waals surface area contributed by atoms with Gasteiger partial charge in [-0.2, -0.15) is 0 Å². The Morgan fingerprint density at radius 3 is 2.31 bits per heavy atom. The minimum atomic E-state index is -1.03. The van der Waals surface area contributed by atoms with Crippen molar-refractivity contribution in [2.45, 2.75) is 20.0 Å². The van der Waals surface area contributed by atoms with Gasteiger partial charge in [-0.1, -0.05) is 30.3 Å². The minimum Gasteiger partial charge on any atom is -0.386 e. The van der Waals surface area contributed by atoms with Crippen LogP contribution in [0.25, 0.3) is 5.57 Å². The molecule has 0 fully saturated rings. The van der Waals surface area contributed by atoms with E-state index in [0.717, 1.165) is 5.56 Å². The van der Waals surface area contributed by atoms with Gasteiger partial charge in [0, 0.05) is 0 Å². The van der Waals surface area contributed by atoms with Crippen molar-refractivity contribution in [2.75, 3.05) is 0 Å². The standard InChI is InChI=1S/C11H13FO/c1-8(11(12)9(2)13)10-6-4-3-5-7-10/h3-7,9,13H,1-2H3/b11-8-. The lowest BCUT2D eigenvalue weighted by molar-refractivity contribution is 0.203. The summed E-state index contributed by atoms with van der Waals surface area (Å²) < 4.78 is 13.2. The van der Waals surface area contributed by atoms with Gasteiger partial charge in [0.2, 0.25) is 0 Å². The molecule has 0 aliphatic carbocycles. The van der Waals surface area contributed by atoms with Gasteiger partial charge in [0.15, 0.2) is 0 Å². The highest BCUT2D eigenvalue weighted by atomic mass is 19.1. The molecule has 0 amide bonds. The molecule has 70 valence electrons. The summed E-state index contributed by atoms with van der Waals surface area (Å²) in [5.74, 6) is -0.466. The number of allylic oxidation sites excluding steroid dienone is 1. The lowest BCUT2D eigenvalue weighted by atomic mass is 10.1. The van der Waals surface area contributed by atoms with Crippen LogP contribution in [0.4, 0.5) is 4.39 Å². The largest absolute Gasteiger partial charge is 0.386 e. The van der Waals surface area contributed by atoms with E-state index in [9.17, 15) is 4.39 Å². The first-order valence-electron chi connectivity index (χ1n) is 4.22. The Kier molecular flexibility index (Phi) is 3.20. The normalized spacial score (nSPS) is 15.1. The Morgan fingerprint density at radius 2 is 1.85 bits per heavy atom. The van der Waals surface area contributed by atoms with Gasteiger partial charge in [-0.15, -0.1) is 0 Å². The molecule has 1 rings (SSSR count). The summed E-state index contributed by atoms with van der Waals surface area (Å²) in [5.41, 5.74) is 1.30. The van der Waals surface area contributed by atoms with Crippen LogP contribution in [-0.4, -0.2) is 11.2 Å². The Morgan fingerprint density at radius 1 is 1.31 bits per heavy atom. The first-order chi connectivity index (χ1) is 6.13. The summed E-state index contributed by atoms with van der Waals surface area (Å²) in [5, 5.41) is 9.02. The van der Waals surface area contributed by atoms with Gasteiger partial charge < -0.3 is 5.11 Å². The summed E-state index contributed by atoms with van der Waals surface area (Å²) >= 11 is 0. The van der Waals surface area contributed by atoms with Crippen molar-refractivity contribution < 1.29 is 9.50 Å². The Bertz CT molecular complexity index is 301. The molecule has 0 aliphatic rings. The van der Waals surface area contributed by atoms with Crippen molar-refractivity contribution in [1.29, 1.82) is 0 Å². The molecule has 0 aliphatic heterocycles. The maximum absolute atomic E-state index is 13.2. The lowest BCUT2D eigenvalue weighted by Crippen LogP contribution is -2.01. The highest BCUT2D eigenvalue weighted by molar-refractivity contribution is 5.65.